The van der Waals surface area contributed by atoms with Gasteiger partial charge >= 0.3 is 5.97 Å². The number of ketones is 1. The molecule has 168 valence electrons. The van der Waals surface area contributed by atoms with Crippen LogP contribution in [0.2, 0.25) is 0 Å². The van der Waals surface area contributed by atoms with Gasteiger partial charge in [0.05, 0.1) is 17.8 Å². The highest BCUT2D eigenvalue weighted by Gasteiger charge is 2.58. The molecular formula is C25H32O6. The highest BCUT2D eigenvalue weighted by molar-refractivity contribution is 5.86. The lowest BCUT2D eigenvalue weighted by Crippen LogP contribution is -2.61. The monoisotopic (exact) mass is 428 g/mol. The van der Waals surface area contributed by atoms with Crippen molar-refractivity contribution >= 4 is 11.8 Å². The van der Waals surface area contributed by atoms with Crippen molar-refractivity contribution in [3.8, 4) is 0 Å². The summed E-state index contributed by atoms with van der Waals surface area (Å²) in [6.07, 6.45) is 1.01. The molecular weight excluding hydrogens is 396 g/mol. The van der Waals surface area contributed by atoms with E-state index < -0.39 is 23.4 Å². The van der Waals surface area contributed by atoms with Gasteiger partial charge in [0, 0.05) is 42.9 Å². The quantitative estimate of drug-likeness (QED) is 0.668. The molecule has 1 aromatic carbocycles. The van der Waals surface area contributed by atoms with Crippen LogP contribution >= 0.6 is 0 Å². The van der Waals surface area contributed by atoms with Crippen molar-refractivity contribution in [1.29, 1.82) is 0 Å². The molecule has 2 fully saturated rings. The van der Waals surface area contributed by atoms with E-state index in [1.54, 1.807) is 0 Å². The third-order valence-electron chi connectivity index (χ3n) is 8.62. The Morgan fingerprint density at radius 3 is 2.68 bits per heavy atom. The molecule has 1 heterocycles. The minimum absolute atomic E-state index is 0.00726. The number of hydrogen-bond acceptors (Lipinski definition) is 6. The predicted molar refractivity (Wildman–Crippen MR) is 112 cm³/mol. The standard InChI is InChI=1S/C25H32O6/c1-12-22-16-6-5-14-11-25(29)19(24(3,4)20(27)10-21(25)28)8-7-15(14)17(16)9-18(22)31-23(12)30-13(2)26/h5-6,12,18-19,21-23,28-29H,7-11H2,1-4H3/t12-,18+,19-,21+,22-,23-,25+/m0/s1. The number of esters is 1. The van der Waals surface area contributed by atoms with Crippen LogP contribution in [0.3, 0.4) is 0 Å². The summed E-state index contributed by atoms with van der Waals surface area (Å²) in [4.78, 5) is 24.1. The summed E-state index contributed by atoms with van der Waals surface area (Å²) in [5.41, 5.74) is 2.88. The zero-order chi connectivity index (χ0) is 22.3. The van der Waals surface area contributed by atoms with Gasteiger partial charge in [0.15, 0.2) is 0 Å². The molecule has 31 heavy (non-hydrogen) atoms. The Kier molecular flexibility index (Phi) is 4.68. The van der Waals surface area contributed by atoms with E-state index >= 15 is 0 Å². The molecule has 0 bridgehead atoms. The maximum atomic E-state index is 12.6. The maximum absolute atomic E-state index is 12.6. The SMILES string of the molecule is CC(=O)O[C@H]1O[C@@H]2Cc3c(ccc4c3CC[C@H]3C(C)(C)C(=O)C[C@@H](O)[C@@]3(O)C4)[C@@H]2[C@@H]1C. The van der Waals surface area contributed by atoms with Crippen LogP contribution in [0.1, 0.15) is 68.7 Å². The Morgan fingerprint density at radius 1 is 1.23 bits per heavy atom. The number of carbonyl (C=O) groups excluding carboxylic acids is 2. The molecule has 3 aliphatic carbocycles. The van der Waals surface area contributed by atoms with Gasteiger partial charge in [0.1, 0.15) is 5.78 Å². The summed E-state index contributed by atoms with van der Waals surface area (Å²) >= 11 is 0. The van der Waals surface area contributed by atoms with Crippen molar-refractivity contribution < 1.29 is 29.3 Å². The summed E-state index contributed by atoms with van der Waals surface area (Å²) in [7, 11) is 0. The molecule has 0 radical (unpaired) electrons. The summed E-state index contributed by atoms with van der Waals surface area (Å²) < 4.78 is 11.5. The smallest absolute Gasteiger partial charge is 0.304 e. The minimum Gasteiger partial charge on any atom is -0.436 e. The topological polar surface area (TPSA) is 93.1 Å². The Labute approximate surface area is 182 Å². The zero-order valence-electron chi connectivity index (χ0n) is 18.7. The van der Waals surface area contributed by atoms with Crippen LogP contribution in [0.15, 0.2) is 12.1 Å². The second kappa shape index (κ2) is 6.87. The van der Waals surface area contributed by atoms with Gasteiger partial charge in [-0.1, -0.05) is 32.9 Å². The van der Waals surface area contributed by atoms with Crippen LogP contribution in [0.5, 0.6) is 0 Å². The van der Waals surface area contributed by atoms with Crippen molar-refractivity contribution in [3.63, 3.8) is 0 Å². The van der Waals surface area contributed by atoms with Crippen molar-refractivity contribution in [2.45, 2.75) is 89.8 Å². The molecule has 1 aromatic rings. The van der Waals surface area contributed by atoms with Crippen LogP contribution < -0.4 is 0 Å². The van der Waals surface area contributed by atoms with E-state index in [0.717, 1.165) is 18.4 Å². The Balaban J connectivity index is 1.51. The average Bonchev–Trinajstić information content (AvgIpc) is 3.11. The van der Waals surface area contributed by atoms with Crippen LogP contribution in [0, 0.1) is 17.3 Å². The highest BCUT2D eigenvalue weighted by Crippen LogP contribution is 2.53. The first-order valence-corrected chi connectivity index (χ1v) is 11.4. The number of ether oxygens (including phenoxy) is 2. The van der Waals surface area contributed by atoms with Gasteiger partial charge < -0.3 is 19.7 Å². The first-order valence-electron chi connectivity index (χ1n) is 11.4. The van der Waals surface area contributed by atoms with Gasteiger partial charge in [-0.3, -0.25) is 9.59 Å². The second-order valence-electron chi connectivity index (χ2n) is 10.6. The molecule has 1 aliphatic heterocycles. The zero-order valence-corrected chi connectivity index (χ0v) is 18.7. The molecule has 2 N–H and O–H groups in total. The summed E-state index contributed by atoms with van der Waals surface area (Å²) in [6, 6.07) is 4.21. The Morgan fingerprint density at radius 2 is 1.97 bits per heavy atom. The van der Waals surface area contributed by atoms with E-state index in [2.05, 4.69) is 19.1 Å². The number of fused-ring (bicyclic) bond motifs is 6. The van der Waals surface area contributed by atoms with E-state index in [-0.39, 0.29) is 42.0 Å². The first kappa shape index (κ1) is 21.1. The van der Waals surface area contributed by atoms with Crippen LogP contribution in [0.4, 0.5) is 0 Å². The normalized spacial score (nSPS) is 40.4. The van der Waals surface area contributed by atoms with Gasteiger partial charge in [-0.05, 0) is 41.5 Å². The van der Waals surface area contributed by atoms with Gasteiger partial charge in [-0.25, -0.2) is 0 Å². The number of Topliss-reactive ketones (excluding diaryl/α,β-unsaturated/α-hetero) is 1. The van der Waals surface area contributed by atoms with Gasteiger partial charge in [0.2, 0.25) is 6.29 Å². The fourth-order valence-corrected chi connectivity index (χ4v) is 6.95. The van der Waals surface area contributed by atoms with E-state index in [4.69, 9.17) is 9.47 Å². The minimum atomic E-state index is -1.30. The highest BCUT2D eigenvalue weighted by atomic mass is 16.7. The van der Waals surface area contributed by atoms with Crippen molar-refractivity contribution in [3.05, 3.63) is 34.4 Å². The summed E-state index contributed by atoms with van der Waals surface area (Å²) in [5.74, 6) is -0.334. The van der Waals surface area contributed by atoms with Crippen LogP contribution in [-0.4, -0.2) is 46.1 Å². The fraction of sp³-hybridized carbons (Fsp3) is 0.680. The van der Waals surface area contributed by atoms with Crippen molar-refractivity contribution in [2.24, 2.45) is 17.3 Å². The van der Waals surface area contributed by atoms with Crippen LogP contribution in [-0.2, 0) is 38.3 Å². The van der Waals surface area contributed by atoms with Crippen LogP contribution in [0.25, 0.3) is 0 Å². The molecule has 1 saturated carbocycles. The first-order chi connectivity index (χ1) is 14.5. The molecule has 5 rings (SSSR count). The number of aliphatic hydroxyl groups excluding tert-OH is 1. The molecule has 0 spiro atoms. The number of rotatable bonds is 1. The number of hydrogen-bond donors (Lipinski definition) is 2. The molecule has 6 heteroatoms. The molecule has 4 aliphatic rings. The van der Waals surface area contributed by atoms with Gasteiger partial charge in [0.25, 0.3) is 0 Å². The van der Waals surface area contributed by atoms with E-state index in [1.807, 2.05) is 13.8 Å². The number of aliphatic hydroxyl groups is 2. The largest absolute Gasteiger partial charge is 0.436 e. The molecule has 0 aromatic heterocycles. The average molecular weight is 429 g/mol. The van der Waals surface area contributed by atoms with E-state index in [0.29, 0.717) is 12.8 Å². The summed E-state index contributed by atoms with van der Waals surface area (Å²) in [6.45, 7) is 7.29. The molecule has 0 amide bonds. The van der Waals surface area contributed by atoms with Crippen molar-refractivity contribution in [1.82, 2.24) is 0 Å². The molecule has 6 nitrogen and oxygen atoms in total. The summed E-state index contributed by atoms with van der Waals surface area (Å²) in [5, 5.41) is 22.4. The molecule has 0 unspecified atom stereocenters. The lowest BCUT2D eigenvalue weighted by atomic mass is 9.57. The molecule has 1 saturated heterocycles. The fourth-order valence-electron chi connectivity index (χ4n) is 6.95. The second-order valence-corrected chi connectivity index (χ2v) is 10.6. The molecule has 7 atom stereocenters. The number of benzene rings is 1. The predicted octanol–water partition coefficient (Wildman–Crippen LogP) is 2.45. The van der Waals surface area contributed by atoms with Crippen molar-refractivity contribution in [2.75, 3.05) is 0 Å². The third kappa shape index (κ3) is 2.95. The van der Waals surface area contributed by atoms with E-state index in [9.17, 15) is 19.8 Å². The number of carbonyl (C=O) groups is 2. The van der Waals surface area contributed by atoms with Gasteiger partial charge in [-0.15, -0.1) is 0 Å². The Bertz CT molecular complexity index is 952. The lowest BCUT2D eigenvalue weighted by Gasteiger charge is -2.50. The Hall–Kier alpha value is -1.76. The third-order valence-corrected chi connectivity index (χ3v) is 8.62. The lowest BCUT2D eigenvalue weighted by molar-refractivity contribution is -0.182. The van der Waals surface area contributed by atoms with Gasteiger partial charge in [-0.2, -0.15) is 0 Å². The maximum Gasteiger partial charge on any atom is 0.304 e. The van der Waals surface area contributed by atoms with E-state index in [1.165, 1.54) is 23.6 Å².